The summed E-state index contributed by atoms with van der Waals surface area (Å²) in [5, 5.41) is 0. The number of hydrogen-bond acceptors (Lipinski definition) is 3. The van der Waals surface area contributed by atoms with Crippen LogP contribution in [0.5, 0.6) is 0 Å². The van der Waals surface area contributed by atoms with Gasteiger partial charge in [0.1, 0.15) is 0 Å². The lowest BCUT2D eigenvalue weighted by atomic mass is 9.77. The second-order valence-electron chi connectivity index (χ2n) is 6.69. The highest BCUT2D eigenvalue weighted by molar-refractivity contribution is 7.99. The Kier molecular flexibility index (Phi) is 4.92. The van der Waals surface area contributed by atoms with Crippen LogP contribution in [0, 0.1) is 12.8 Å². The second-order valence-corrected chi connectivity index (χ2v) is 7.92. The van der Waals surface area contributed by atoms with Crippen LogP contribution in [-0.4, -0.2) is 29.8 Å². The fraction of sp³-hybridized carbons (Fsp3) is 0.667. The van der Waals surface area contributed by atoms with E-state index in [0.717, 1.165) is 19.4 Å². The Morgan fingerprint density at radius 2 is 2.10 bits per heavy atom. The molecule has 0 bridgehead atoms. The van der Waals surface area contributed by atoms with Crippen molar-refractivity contribution in [2.75, 3.05) is 18.1 Å². The van der Waals surface area contributed by atoms with Gasteiger partial charge in [0.05, 0.1) is 5.60 Å². The first-order valence-electron chi connectivity index (χ1n) is 8.20. The minimum atomic E-state index is 0.150. The van der Waals surface area contributed by atoms with Crippen molar-refractivity contribution in [2.24, 2.45) is 11.7 Å². The maximum absolute atomic E-state index is 6.58. The zero-order valence-corrected chi connectivity index (χ0v) is 13.8. The summed E-state index contributed by atoms with van der Waals surface area (Å²) < 4.78 is 6.19. The van der Waals surface area contributed by atoms with Crippen molar-refractivity contribution in [3.8, 4) is 0 Å². The number of hydrogen-bond donors (Lipinski definition) is 1. The van der Waals surface area contributed by atoms with E-state index in [-0.39, 0.29) is 11.6 Å². The molecule has 2 aliphatic rings. The molecular weight excluding hydrogens is 278 g/mol. The quantitative estimate of drug-likeness (QED) is 0.927. The molecule has 0 saturated carbocycles. The smallest absolute Gasteiger partial charge is 0.0701 e. The highest BCUT2D eigenvalue weighted by atomic mass is 32.2. The maximum atomic E-state index is 6.58. The molecular formula is C18H27NOS. The molecule has 0 radical (unpaired) electrons. The highest BCUT2D eigenvalue weighted by Gasteiger charge is 2.40. The minimum absolute atomic E-state index is 0.150. The largest absolute Gasteiger partial charge is 0.375 e. The van der Waals surface area contributed by atoms with Gasteiger partial charge in [0.2, 0.25) is 0 Å². The zero-order valence-electron chi connectivity index (χ0n) is 13.0. The highest BCUT2D eigenvalue weighted by Crippen LogP contribution is 2.40. The summed E-state index contributed by atoms with van der Waals surface area (Å²) in [4.78, 5) is 0. The maximum Gasteiger partial charge on any atom is 0.0701 e. The molecule has 2 heterocycles. The van der Waals surface area contributed by atoms with Crippen LogP contribution in [-0.2, 0) is 11.2 Å². The third kappa shape index (κ3) is 3.64. The number of rotatable bonds is 3. The molecule has 21 heavy (non-hydrogen) atoms. The predicted octanol–water partition coefficient (Wildman–Crippen LogP) is 3.56. The number of aryl methyl sites for hydroxylation is 1. The summed E-state index contributed by atoms with van der Waals surface area (Å²) in [6.45, 7) is 3.09. The molecule has 1 spiro atoms. The average molecular weight is 305 g/mol. The standard InChI is InChI=1S/C18H27NOS/c1-14-4-2-3-5-15(14)12-17(19)16-6-9-20-18(13-16)7-10-21-11-8-18/h2-5,16-17H,6-13,19H2,1H3. The van der Waals surface area contributed by atoms with Crippen molar-refractivity contribution < 1.29 is 4.74 Å². The first kappa shape index (κ1) is 15.4. The fourth-order valence-electron chi connectivity index (χ4n) is 3.78. The lowest BCUT2D eigenvalue weighted by Gasteiger charge is -2.44. The molecule has 116 valence electrons. The SMILES string of the molecule is Cc1ccccc1CC(N)C1CCOC2(CCSCC2)C1. The van der Waals surface area contributed by atoms with Crippen LogP contribution in [0.1, 0.15) is 36.8 Å². The Hall–Kier alpha value is -0.510. The van der Waals surface area contributed by atoms with Gasteiger partial charge in [0.15, 0.2) is 0 Å². The van der Waals surface area contributed by atoms with Crippen LogP contribution < -0.4 is 5.73 Å². The molecule has 0 amide bonds. The van der Waals surface area contributed by atoms with Crippen LogP contribution in [0.25, 0.3) is 0 Å². The summed E-state index contributed by atoms with van der Waals surface area (Å²) in [5.41, 5.74) is 9.50. The van der Waals surface area contributed by atoms with Gasteiger partial charge in [-0.3, -0.25) is 0 Å². The summed E-state index contributed by atoms with van der Waals surface area (Å²) in [6, 6.07) is 8.90. The molecule has 2 unspecified atom stereocenters. The van der Waals surface area contributed by atoms with E-state index in [1.54, 1.807) is 0 Å². The number of nitrogens with two attached hydrogens (primary N) is 1. The van der Waals surface area contributed by atoms with E-state index in [2.05, 4.69) is 43.0 Å². The molecule has 2 aliphatic heterocycles. The van der Waals surface area contributed by atoms with E-state index in [0.29, 0.717) is 5.92 Å². The predicted molar refractivity (Wildman–Crippen MR) is 90.8 cm³/mol. The lowest BCUT2D eigenvalue weighted by Crippen LogP contribution is -2.47. The molecule has 3 heteroatoms. The number of thioether (sulfide) groups is 1. The van der Waals surface area contributed by atoms with Gasteiger partial charge < -0.3 is 10.5 Å². The Balaban J connectivity index is 1.64. The summed E-state index contributed by atoms with van der Waals surface area (Å²) >= 11 is 2.07. The Morgan fingerprint density at radius 1 is 1.33 bits per heavy atom. The Morgan fingerprint density at radius 3 is 2.86 bits per heavy atom. The first-order chi connectivity index (χ1) is 10.2. The van der Waals surface area contributed by atoms with Crippen LogP contribution in [0.2, 0.25) is 0 Å². The summed E-state index contributed by atoms with van der Waals surface area (Å²) in [5.74, 6) is 3.11. The molecule has 2 fully saturated rings. The van der Waals surface area contributed by atoms with Crippen molar-refractivity contribution in [1.82, 2.24) is 0 Å². The molecule has 2 N–H and O–H groups in total. The van der Waals surface area contributed by atoms with E-state index >= 15 is 0 Å². The van der Waals surface area contributed by atoms with Crippen molar-refractivity contribution in [2.45, 2.75) is 50.7 Å². The molecule has 2 nitrogen and oxygen atoms in total. The fourth-order valence-corrected chi connectivity index (χ4v) is 5.02. The Labute approximate surface area is 132 Å². The van der Waals surface area contributed by atoms with E-state index in [9.17, 15) is 0 Å². The number of benzene rings is 1. The van der Waals surface area contributed by atoms with Crippen molar-refractivity contribution in [3.63, 3.8) is 0 Å². The van der Waals surface area contributed by atoms with Crippen LogP contribution in [0.4, 0.5) is 0 Å². The Bertz CT molecular complexity index is 465. The molecule has 1 aromatic carbocycles. The van der Waals surface area contributed by atoms with Gasteiger partial charge in [-0.25, -0.2) is 0 Å². The van der Waals surface area contributed by atoms with Gasteiger partial charge in [-0.2, -0.15) is 11.8 Å². The molecule has 0 aliphatic carbocycles. The van der Waals surface area contributed by atoms with Gasteiger partial charge in [0.25, 0.3) is 0 Å². The summed E-state index contributed by atoms with van der Waals surface area (Å²) in [7, 11) is 0. The zero-order chi connectivity index (χ0) is 14.7. The van der Waals surface area contributed by atoms with Crippen molar-refractivity contribution >= 4 is 11.8 Å². The van der Waals surface area contributed by atoms with E-state index in [4.69, 9.17) is 10.5 Å². The van der Waals surface area contributed by atoms with Crippen LogP contribution >= 0.6 is 11.8 Å². The molecule has 2 saturated heterocycles. The third-order valence-electron chi connectivity index (χ3n) is 5.26. The van der Waals surface area contributed by atoms with Crippen molar-refractivity contribution in [1.29, 1.82) is 0 Å². The van der Waals surface area contributed by atoms with Crippen LogP contribution in [0.15, 0.2) is 24.3 Å². The van der Waals surface area contributed by atoms with E-state index in [1.165, 1.54) is 41.9 Å². The average Bonchev–Trinajstić information content (AvgIpc) is 2.50. The monoisotopic (exact) mass is 305 g/mol. The van der Waals surface area contributed by atoms with E-state index in [1.807, 2.05) is 0 Å². The third-order valence-corrected chi connectivity index (χ3v) is 6.24. The van der Waals surface area contributed by atoms with Gasteiger partial charge in [0, 0.05) is 12.6 Å². The van der Waals surface area contributed by atoms with Gasteiger partial charge in [-0.15, -0.1) is 0 Å². The second kappa shape index (κ2) is 6.72. The normalized spacial score (nSPS) is 26.7. The first-order valence-corrected chi connectivity index (χ1v) is 9.36. The topological polar surface area (TPSA) is 35.2 Å². The van der Waals surface area contributed by atoms with Gasteiger partial charge >= 0.3 is 0 Å². The molecule has 1 aromatic rings. The molecule has 3 rings (SSSR count). The minimum Gasteiger partial charge on any atom is -0.375 e. The van der Waals surface area contributed by atoms with Crippen LogP contribution in [0.3, 0.4) is 0 Å². The number of ether oxygens (including phenoxy) is 1. The summed E-state index contributed by atoms with van der Waals surface area (Å²) in [6.07, 6.45) is 5.72. The van der Waals surface area contributed by atoms with Crippen molar-refractivity contribution in [3.05, 3.63) is 35.4 Å². The molecule has 2 atom stereocenters. The molecule has 0 aromatic heterocycles. The van der Waals surface area contributed by atoms with Gasteiger partial charge in [-0.1, -0.05) is 24.3 Å². The van der Waals surface area contributed by atoms with E-state index < -0.39 is 0 Å². The lowest BCUT2D eigenvalue weighted by molar-refractivity contribution is -0.105. The van der Waals surface area contributed by atoms with Gasteiger partial charge in [-0.05, 0) is 67.6 Å².